The van der Waals surface area contributed by atoms with Crippen LogP contribution in [0, 0.1) is 0 Å². The first-order valence-electron chi connectivity index (χ1n) is 4.67. The molecule has 1 aliphatic heterocycles. The molecule has 2 nitrogen and oxygen atoms in total. The molecule has 1 rings (SSSR count). The third kappa shape index (κ3) is 4.33. The Bertz CT molecular complexity index is 123. The van der Waals surface area contributed by atoms with E-state index in [9.17, 15) is 0 Å². The van der Waals surface area contributed by atoms with Crippen molar-refractivity contribution in [3.8, 4) is 0 Å². The van der Waals surface area contributed by atoms with Crippen molar-refractivity contribution in [2.24, 2.45) is 5.73 Å². The van der Waals surface area contributed by atoms with E-state index in [1.165, 1.54) is 31.0 Å². The standard InChI is InChI=1S/C9H20N2S/c1-9(2,10)8-11-4-3-6-12-7-5-11/h3-8,10H2,1-2H3. The molecule has 2 N–H and O–H groups in total. The lowest BCUT2D eigenvalue weighted by atomic mass is 10.1. The number of nitrogens with two attached hydrogens (primary N) is 1. The Balaban J connectivity index is 2.30. The van der Waals surface area contributed by atoms with Crippen LogP contribution in [0.2, 0.25) is 0 Å². The molecule has 0 aliphatic carbocycles. The minimum Gasteiger partial charge on any atom is -0.324 e. The molecule has 3 heteroatoms. The van der Waals surface area contributed by atoms with Crippen LogP contribution in [0.4, 0.5) is 0 Å². The molecular weight excluding hydrogens is 168 g/mol. The molecule has 0 spiro atoms. The molecule has 1 saturated heterocycles. The Morgan fingerprint density at radius 1 is 1.33 bits per heavy atom. The summed E-state index contributed by atoms with van der Waals surface area (Å²) in [6.45, 7) is 7.68. The van der Waals surface area contributed by atoms with Crippen molar-refractivity contribution in [3.05, 3.63) is 0 Å². The number of thioether (sulfide) groups is 1. The summed E-state index contributed by atoms with van der Waals surface area (Å²) in [6, 6.07) is 0. The van der Waals surface area contributed by atoms with Crippen LogP contribution in [0.15, 0.2) is 0 Å². The average Bonchev–Trinajstić information content (AvgIpc) is 2.12. The maximum atomic E-state index is 5.97. The Morgan fingerprint density at radius 3 is 2.75 bits per heavy atom. The van der Waals surface area contributed by atoms with E-state index in [0.29, 0.717) is 0 Å². The molecule has 0 atom stereocenters. The molecule has 0 aromatic rings. The van der Waals surface area contributed by atoms with Gasteiger partial charge in [-0.2, -0.15) is 11.8 Å². The van der Waals surface area contributed by atoms with Gasteiger partial charge in [-0.1, -0.05) is 0 Å². The van der Waals surface area contributed by atoms with E-state index in [1.807, 2.05) is 0 Å². The Kier molecular flexibility index (Phi) is 3.87. The molecule has 0 radical (unpaired) electrons. The van der Waals surface area contributed by atoms with Crippen molar-refractivity contribution in [2.75, 3.05) is 31.1 Å². The SMILES string of the molecule is CC(C)(N)CN1CCCSCC1. The smallest absolute Gasteiger partial charge is 0.0226 e. The summed E-state index contributed by atoms with van der Waals surface area (Å²) in [7, 11) is 0. The van der Waals surface area contributed by atoms with Gasteiger partial charge in [0.2, 0.25) is 0 Å². The number of rotatable bonds is 2. The first-order valence-corrected chi connectivity index (χ1v) is 5.82. The van der Waals surface area contributed by atoms with Crippen LogP contribution in [-0.2, 0) is 0 Å². The first-order chi connectivity index (χ1) is 5.58. The number of nitrogens with zero attached hydrogens (tertiary/aromatic N) is 1. The minimum absolute atomic E-state index is 0.0327. The van der Waals surface area contributed by atoms with Crippen molar-refractivity contribution >= 4 is 11.8 Å². The fraction of sp³-hybridized carbons (Fsp3) is 1.00. The second-order valence-corrected chi connectivity index (χ2v) is 5.46. The van der Waals surface area contributed by atoms with Gasteiger partial charge in [0.25, 0.3) is 0 Å². The maximum absolute atomic E-state index is 5.97. The van der Waals surface area contributed by atoms with Gasteiger partial charge in [-0.05, 0) is 32.6 Å². The topological polar surface area (TPSA) is 29.3 Å². The van der Waals surface area contributed by atoms with Crippen LogP contribution in [0.5, 0.6) is 0 Å². The van der Waals surface area contributed by atoms with Gasteiger partial charge in [-0.15, -0.1) is 0 Å². The van der Waals surface area contributed by atoms with Crippen LogP contribution in [0.1, 0.15) is 20.3 Å². The number of hydrogen-bond donors (Lipinski definition) is 1. The highest BCUT2D eigenvalue weighted by molar-refractivity contribution is 7.99. The summed E-state index contributed by atoms with van der Waals surface area (Å²) >= 11 is 2.06. The summed E-state index contributed by atoms with van der Waals surface area (Å²) in [4.78, 5) is 2.49. The van der Waals surface area contributed by atoms with Crippen LogP contribution >= 0.6 is 11.8 Å². The summed E-state index contributed by atoms with van der Waals surface area (Å²) in [6.07, 6.45) is 1.32. The van der Waals surface area contributed by atoms with Crippen molar-refractivity contribution < 1.29 is 0 Å². The molecule has 0 saturated carbocycles. The lowest BCUT2D eigenvalue weighted by Crippen LogP contribution is -2.46. The monoisotopic (exact) mass is 188 g/mol. The predicted octanol–water partition coefficient (Wildman–Crippen LogP) is 1.16. The van der Waals surface area contributed by atoms with E-state index in [1.54, 1.807) is 0 Å². The molecule has 0 bridgehead atoms. The van der Waals surface area contributed by atoms with Gasteiger partial charge in [0, 0.05) is 24.4 Å². The molecule has 72 valence electrons. The normalized spacial score (nSPS) is 22.2. The van der Waals surface area contributed by atoms with E-state index >= 15 is 0 Å². The van der Waals surface area contributed by atoms with Crippen molar-refractivity contribution in [1.82, 2.24) is 4.90 Å². The highest BCUT2D eigenvalue weighted by atomic mass is 32.2. The zero-order chi connectivity index (χ0) is 9.03. The van der Waals surface area contributed by atoms with Gasteiger partial charge in [0.15, 0.2) is 0 Å². The van der Waals surface area contributed by atoms with Crippen molar-refractivity contribution in [3.63, 3.8) is 0 Å². The Morgan fingerprint density at radius 2 is 2.08 bits per heavy atom. The summed E-state index contributed by atoms with van der Waals surface area (Å²) in [5.74, 6) is 2.59. The van der Waals surface area contributed by atoms with Gasteiger partial charge in [0.05, 0.1) is 0 Å². The van der Waals surface area contributed by atoms with E-state index < -0.39 is 0 Å². The average molecular weight is 188 g/mol. The molecule has 0 aromatic carbocycles. The fourth-order valence-electron chi connectivity index (χ4n) is 1.53. The summed E-state index contributed by atoms with van der Waals surface area (Å²) < 4.78 is 0. The quantitative estimate of drug-likeness (QED) is 0.705. The van der Waals surface area contributed by atoms with E-state index in [2.05, 4.69) is 30.5 Å². The van der Waals surface area contributed by atoms with Gasteiger partial charge >= 0.3 is 0 Å². The molecule has 0 unspecified atom stereocenters. The molecule has 12 heavy (non-hydrogen) atoms. The van der Waals surface area contributed by atoms with E-state index in [-0.39, 0.29) is 5.54 Å². The Labute approximate surface area is 79.9 Å². The first kappa shape index (κ1) is 10.4. The lowest BCUT2D eigenvalue weighted by molar-refractivity contribution is 0.241. The van der Waals surface area contributed by atoms with E-state index in [0.717, 1.165) is 6.54 Å². The molecular formula is C9H20N2S. The van der Waals surface area contributed by atoms with Crippen LogP contribution < -0.4 is 5.73 Å². The third-order valence-electron chi connectivity index (χ3n) is 1.95. The second kappa shape index (κ2) is 4.49. The summed E-state index contributed by atoms with van der Waals surface area (Å²) in [5, 5.41) is 0. The fourth-order valence-corrected chi connectivity index (χ4v) is 2.46. The zero-order valence-corrected chi connectivity index (χ0v) is 8.99. The molecule has 1 heterocycles. The molecule has 0 aromatic heterocycles. The van der Waals surface area contributed by atoms with Crippen LogP contribution in [-0.4, -0.2) is 41.6 Å². The zero-order valence-electron chi connectivity index (χ0n) is 8.18. The van der Waals surface area contributed by atoms with Gasteiger partial charge in [0.1, 0.15) is 0 Å². The second-order valence-electron chi connectivity index (χ2n) is 4.23. The van der Waals surface area contributed by atoms with Crippen molar-refractivity contribution in [1.29, 1.82) is 0 Å². The minimum atomic E-state index is -0.0327. The predicted molar refractivity (Wildman–Crippen MR) is 56.6 cm³/mol. The van der Waals surface area contributed by atoms with Gasteiger partial charge < -0.3 is 10.6 Å². The largest absolute Gasteiger partial charge is 0.324 e. The van der Waals surface area contributed by atoms with Crippen LogP contribution in [0.25, 0.3) is 0 Å². The lowest BCUT2D eigenvalue weighted by Gasteiger charge is -2.28. The van der Waals surface area contributed by atoms with Crippen LogP contribution in [0.3, 0.4) is 0 Å². The molecule has 1 aliphatic rings. The summed E-state index contributed by atoms with van der Waals surface area (Å²) in [5.41, 5.74) is 5.94. The van der Waals surface area contributed by atoms with Crippen molar-refractivity contribution in [2.45, 2.75) is 25.8 Å². The van der Waals surface area contributed by atoms with Gasteiger partial charge in [-0.25, -0.2) is 0 Å². The van der Waals surface area contributed by atoms with Gasteiger partial charge in [-0.3, -0.25) is 0 Å². The highest BCUT2D eigenvalue weighted by Gasteiger charge is 2.17. The maximum Gasteiger partial charge on any atom is 0.0226 e. The third-order valence-corrected chi connectivity index (χ3v) is 2.99. The molecule has 0 amide bonds. The Hall–Kier alpha value is 0.270. The van der Waals surface area contributed by atoms with E-state index in [4.69, 9.17) is 5.73 Å². The highest BCUT2D eigenvalue weighted by Crippen LogP contribution is 2.11. The number of hydrogen-bond acceptors (Lipinski definition) is 3. The molecule has 1 fully saturated rings.